The molecule has 2 unspecified atom stereocenters. The number of allylic oxidation sites excluding steroid dienone is 4. The first-order valence-corrected chi connectivity index (χ1v) is 9.12. The smallest absolute Gasteiger partial charge is 0.303 e. The second-order valence-corrected chi connectivity index (χ2v) is 6.10. The summed E-state index contributed by atoms with van der Waals surface area (Å²) in [6.07, 6.45) is 18.6. The second kappa shape index (κ2) is 16.5. The van der Waals surface area contributed by atoms with Crippen molar-refractivity contribution in [1.29, 1.82) is 0 Å². The summed E-state index contributed by atoms with van der Waals surface area (Å²) in [5, 5.41) is 28.0. The van der Waals surface area contributed by atoms with Gasteiger partial charge in [0.15, 0.2) is 0 Å². The predicted octanol–water partition coefficient (Wildman–Crippen LogP) is 4.38. The van der Waals surface area contributed by atoms with Crippen LogP contribution in [0.4, 0.5) is 0 Å². The van der Waals surface area contributed by atoms with E-state index < -0.39 is 12.1 Å². The number of hydrogen-bond donors (Lipinski definition) is 3. The summed E-state index contributed by atoms with van der Waals surface area (Å²) in [5.41, 5.74) is 0. The van der Waals surface area contributed by atoms with Gasteiger partial charge in [-0.25, -0.2) is 0 Å². The van der Waals surface area contributed by atoms with Gasteiger partial charge in [-0.3, -0.25) is 4.79 Å². The molecular formula is C20H34O4. The molecule has 0 amide bonds. The fourth-order valence-corrected chi connectivity index (χ4v) is 2.22. The Balaban J connectivity index is 3.65. The van der Waals surface area contributed by atoms with E-state index in [1.165, 1.54) is 19.3 Å². The summed E-state index contributed by atoms with van der Waals surface area (Å²) in [5.74, 6) is -0.833. The summed E-state index contributed by atoms with van der Waals surface area (Å²) >= 11 is 0. The van der Waals surface area contributed by atoms with Crippen LogP contribution in [-0.4, -0.2) is 33.5 Å². The van der Waals surface area contributed by atoms with Crippen molar-refractivity contribution in [2.75, 3.05) is 0 Å². The van der Waals surface area contributed by atoms with E-state index in [1.807, 2.05) is 12.2 Å². The van der Waals surface area contributed by atoms with Crippen molar-refractivity contribution in [2.24, 2.45) is 0 Å². The largest absolute Gasteiger partial charge is 0.481 e. The number of aliphatic hydroxyl groups excluding tert-OH is 2. The van der Waals surface area contributed by atoms with Crippen LogP contribution in [0.5, 0.6) is 0 Å². The van der Waals surface area contributed by atoms with E-state index in [-0.39, 0.29) is 12.5 Å². The van der Waals surface area contributed by atoms with Crippen molar-refractivity contribution in [3.8, 4) is 0 Å². The molecule has 4 heteroatoms. The van der Waals surface area contributed by atoms with Crippen LogP contribution in [-0.2, 0) is 4.79 Å². The molecule has 0 aliphatic carbocycles. The van der Waals surface area contributed by atoms with Gasteiger partial charge < -0.3 is 15.3 Å². The third-order valence-corrected chi connectivity index (χ3v) is 3.69. The van der Waals surface area contributed by atoms with E-state index in [0.29, 0.717) is 19.3 Å². The van der Waals surface area contributed by atoms with Crippen LogP contribution in [0, 0.1) is 0 Å². The van der Waals surface area contributed by atoms with Gasteiger partial charge in [0.05, 0.1) is 12.2 Å². The molecule has 2 atom stereocenters. The second-order valence-electron chi connectivity index (χ2n) is 6.10. The normalized spacial score (nSPS) is 14.8. The van der Waals surface area contributed by atoms with Gasteiger partial charge >= 0.3 is 5.97 Å². The third kappa shape index (κ3) is 17.0. The zero-order valence-electron chi connectivity index (χ0n) is 14.9. The van der Waals surface area contributed by atoms with Crippen LogP contribution in [0.1, 0.15) is 71.1 Å². The molecule has 0 fully saturated rings. The van der Waals surface area contributed by atoms with Gasteiger partial charge in [0.25, 0.3) is 0 Å². The zero-order chi connectivity index (χ0) is 18.0. The number of carboxylic acid groups (broad SMARTS) is 1. The van der Waals surface area contributed by atoms with Crippen molar-refractivity contribution >= 4 is 5.97 Å². The van der Waals surface area contributed by atoms with Crippen molar-refractivity contribution in [1.82, 2.24) is 0 Å². The van der Waals surface area contributed by atoms with Gasteiger partial charge in [-0.1, -0.05) is 56.2 Å². The molecule has 0 aliphatic heterocycles. The standard InChI is InChI=1S/C20H34O4/c1-2-3-4-5-6-9-13-18(21)14-10-7-8-11-15-19(22)16-12-17-20(23)24/h6-9,11,15,18-19,21-22H,2-5,10,12-14,16-17H2,1H3,(H,23,24). The predicted molar refractivity (Wildman–Crippen MR) is 98.9 cm³/mol. The summed E-state index contributed by atoms with van der Waals surface area (Å²) < 4.78 is 0. The van der Waals surface area contributed by atoms with Gasteiger partial charge in [0.2, 0.25) is 0 Å². The van der Waals surface area contributed by atoms with E-state index in [2.05, 4.69) is 19.1 Å². The first-order chi connectivity index (χ1) is 11.6. The highest BCUT2D eigenvalue weighted by atomic mass is 16.4. The monoisotopic (exact) mass is 338 g/mol. The highest BCUT2D eigenvalue weighted by Crippen LogP contribution is 2.06. The third-order valence-electron chi connectivity index (χ3n) is 3.69. The van der Waals surface area contributed by atoms with Crippen LogP contribution in [0.15, 0.2) is 36.5 Å². The lowest BCUT2D eigenvalue weighted by Crippen LogP contribution is -2.04. The summed E-state index contributed by atoms with van der Waals surface area (Å²) in [4.78, 5) is 10.4. The first kappa shape index (κ1) is 22.6. The Morgan fingerprint density at radius 1 is 0.958 bits per heavy atom. The lowest BCUT2D eigenvalue weighted by atomic mass is 10.1. The molecule has 3 N–H and O–H groups in total. The fraction of sp³-hybridized carbons (Fsp3) is 0.650. The lowest BCUT2D eigenvalue weighted by Gasteiger charge is -2.05. The van der Waals surface area contributed by atoms with Crippen molar-refractivity contribution in [2.45, 2.75) is 83.3 Å². The number of carbonyl (C=O) groups is 1. The lowest BCUT2D eigenvalue weighted by molar-refractivity contribution is -0.137. The molecule has 0 radical (unpaired) electrons. The molecule has 0 saturated heterocycles. The average Bonchev–Trinajstić information content (AvgIpc) is 2.53. The molecule has 0 saturated carbocycles. The van der Waals surface area contributed by atoms with Crippen LogP contribution >= 0.6 is 0 Å². The topological polar surface area (TPSA) is 77.8 Å². The van der Waals surface area contributed by atoms with Crippen LogP contribution in [0.3, 0.4) is 0 Å². The summed E-state index contributed by atoms with van der Waals surface area (Å²) in [6, 6.07) is 0. The Labute approximate surface area is 146 Å². The quantitative estimate of drug-likeness (QED) is 0.235. The number of rotatable bonds is 15. The first-order valence-electron chi connectivity index (χ1n) is 9.12. The molecule has 0 aromatic carbocycles. The Morgan fingerprint density at radius 2 is 1.75 bits per heavy atom. The molecular weight excluding hydrogens is 304 g/mol. The highest BCUT2D eigenvalue weighted by Gasteiger charge is 2.01. The number of unbranched alkanes of at least 4 members (excludes halogenated alkanes) is 3. The molecule has 0 spiro atoms. The van der Waals surface area contributed by atoms with Gasteiger partial charge in [0.1, 0.15) is 0 Å². The van der Waals surface area contributed by atoms with Crippen LogP contribution in [0.2, 0.25) is 0 Å². The molecule has 0 heterocycles. The van der Waals surface area contributed by atoms with Gasteiger partial charge in [0, 0.05) is 6.42 Å². The van der Waals surface area contributed by atoms with Gasteiger partial charge in [-0.2, -0.15) is 0 Å². The van der Waals surface area contributed by atoms with Gasteiger partial charge in [-0.05, 0) is 44.9 Å². The molecule has 4 nitrogen and oxygen atoms in total. The van der Waals surface area contributed by atoms with E-state index in [1.54, 1.807) is 12.2 Å². The van der Waals surface area contributed by atoms with Crippen molar-refractivity contribution in [3.63, 3.8) is 0 Å². The Bertz CT molecular complexity index is 385. The Kier molecular flexibility index (Phi) is 15.5. The Hall–Kier alpha value is -1.39. The zero-order valence-corrected chi connectivity index (χ0v) is 14.9. The minimum atomic E-state index is -0.833. The minimum Gasteiger partial charge on any atom is -0.481 e. The van der Waals surface area contributed by atoms with Crippen molar-refractivity contribution < 1.29 is 20.1 Å². The maximum atomic E-state index is 10.4. The number of aliphatic carboxylic acids is 1. The van der Waals surface area contributed by atoms with Crippen molar-refractivity contribution in [3.05, 3.63) is 36.5 Å². The molecule has 0 bridgehead atoms. The molecule has 0 aromatic rings. The Morgan fingerprint density at radius 3 is 2.46 bits per heavy atom. The molecule has 0 rings (SSSR count). The van der Waals surface area contributed by atoms with E-state index in [4.69, 9.17) is 5.11 Å². The summed E-state index contributed by atoms with van der Waals surface area (Å²) in [6.45, 7) is 2.19. The SMILES string of the molecule is CCCCCC=CCC(O)CCC=CC=CC(O)CCCC(=O)O. The fourth-order valence-electron chi connectivity index (χ4n) is 2.22. The van der Waals surface area contributed by atoms with E-state index in [0.717, 1.165) is 19.3 Å². The molecule has 0 aromatic heterocycles. The minimum absolute atomic E-state index is 0.0890. The van der Waals surface area contributed by atoms with Crippen LogP contribution < -0.4 is 0 Å². The van der Waals surface area contributed by atoms with E-state index in [9.17, 15) is 15.0 Å². The maximum absolute atomic E-state index is 10.4. The average molecular weight is 338 g/mol. The maximum Gasteiger partial charge on any atom is 0.303 e. The van der Waals surface area contributed by atoms with Gasteiger partial charge in [-0.15, -0.1) is 0 Å². The molecule has 138 valence electrons. The molecule has 24 heavy (non-hydrogen) atoms. The number of aliphatic hydroxyl groups is 2. The highest BCUT2D eigenvalue weighted by molar-refractivity contribution is 5.66. The summed E-state index contributed by atoms with van der Waals surface area (Å²) in [7, 11) is 0. The molecule has 0 aliphatic rings. The number of hydrogen-bond acceptors (Lipinski definition) is 3. The van der Waals surface area contributed by atoms with Crippen LogP contribution in [0.25, 0.3) is 0 Å². The van der Waals surface area contributed by atoms with E-state index >= 15 is 0 Å². The number of carboxylic acids is 1.